The van der Waals surface area contributed by atoms with E-state index in [0.717, 1.165) is 31.2 Å². The van der Waals surface area contributed by atoms with Gasteiger partial charge in [-0.3, -0.25) is 24.0 Å². The van der Waals surface area contributed by atoms with E-state index in [0.29, 0.717) is 31.0 Å². The van der Waals surface area contributed by atoms with Crippen LogP contribution >= 0.6 is 0 Å². The Labute approximate surface area is 224 Å². The van der Waals surface area contributed by atoms with Crippen molar-refractivity contribution in [1.82, 2.24) is 0 Å². The standard InChI is InChI=1S/C11H13NO2.C6H14N2O2.C6H13N.C4H4O3/c1-2-3-11(14)12-10-6-4-9(8-13)5-7-10;7-4-2-1-3-5(8)6(9)10;7-6-4-2-1-3-5-6;5-3-1-2-4(6)7-3/h4-8H,2-3H2,1H3,(H,12,14);5H,1-4,7-8H2,(H,9,10);6H,1-5,7H2;1-2H2/t;5-;;/m.0../s1. The van der Waals surface area contributed by atoms with Gasteiger partial charge in [0.25, 0.3) is 0 Å². The van der Waals surface area contributed by atoms with E-state index in [1.807, 2.05) is 6.92 Å². The molecule has 1 aromatic rings. The highest BCUT2D eigenvalue weighted by molar-refractivity contribution is 5.92. The van der Waals surface area contributed by atoms with Gasteiger partial charge in [-0.1, -0.05) is 32.6 Å². The highest BCUT2D eigenvalue weighted by Gasteiger charge is 2.19. The number of anilines is 1. The number of unbranched alkanes of at least 4 members (excludes halogenated alkanes) is 1. The predicted molar refractivity (Wildman–Crippen MR) is 145 cm³/mol. The summed E-state index contributed by atoms with van der Waals surface area (Å²) in [5.41, 5.74) is 17.4. The van der Waals surface area contributed by atoms with Crippen LogP contribution in [-0.2, 0) is 23.9 Å². The van der Waals surface area contributed by atoms with Crippen molar-refractivity contribution in [2.24, 2.45) is 17.2 Å². The van der Waals surface area contributed by atoms with E-state index < -0.39 is 23.9 Å². The Balaban J connectivity index is 0.000000502. The van der Waals surface area contributed by atoms with Crippen LogP contribution in [0, 0.1) is 0 Å². The summed E-state index contributed by atoms with van der Waals surface area (Å²) in [7, 11) is 0. The van der Waals surface area contributed by atoms with Crippen molar-refractivity contribution in [2.45, 2.75) is 96.1 Å². The number of benzene rings is 1. The number of ether oxygens (including phenoxy) is 1. The fourth-order valence-electron chi connectivity index (χ4n) is 3.29. The number of nitrogens with two attached hydrogens (primary N) is 3. The molecule has 2 fully saturated rings. The molecule has 8 N–H and O–H groups in total. The molecule has 11 heteroatoms. The first-order chi connectivity index (χ1) is 18.1. The van der Waals surface area contributed by atoms with Crippen LogP contribution in [0.1, 0.15) is 94.3 Å². The van der Waals surface area contributed by atoms with Gasteiger partial charge in [0.2, 0.25) is 5.91 Å². The third-order valence-electron chi connectivity index (χ3n) is 5.50. The summed E-state index contributed by atoms with van der Waals surface area (Å²) in [6.45, 7) is 2.56. The lowest BCUT2D eigenvalue weighted by atomic mass is 9.97. The average molecular weight is 537 g/mol. The van der Waals surface area contributed by atoms with Gasteiger partial charge >= 0.3 is 17.9 Å². The first kappa shape index (κ1) is 34.9. The van der Waals surface area contributed by atoms with Crippen LogP contribution in [0.3, 0.4) is 0 Å². The van der Waals surface area contributed by atoms with Crippen molar-refractivity contribution in [3.05, 3.63) is 29.8 Å². The monoisotopic (exact) mass is 536 g/mol. The molecule has 1 aromatic carbocycles. The molecule has 0 aromatic heterocycles. The first-order valence-electron chi connectivity index (χ1n) is 13.2. The molecule has 1 heterocycles. The van der Waals surface area contributed by atoms with Gasteiger partial charge in [-0.15, -0.1) is 0 Å². The van der Waals surface area contributed by atoms with E-state index in [1.165, 1.54) is 32.1 Å². The Morgan fingerprint density at radius 3 is 2.03 bits per heavy atom. The van der Waals surface area contributed by atoms with E-state index in [1.54, 1.807) is 24.3 Å². The maximum absolute atomic E-state index is 11.2. The number of carbonyl (C=O) groups is 5. The minimum Gasteiger partial charge on any atom is -0.480 e. The molecule has 0 spiro atoms. The fourth-order valence-corrected chi connectivity index (χ4v) is 3.29. The highest BCUT2D eigenvalue weighted by atomic mass is 16.6. The molecule has 0 radical (unpaired) electrons. The average Bonchev–Trinajstić information content (AvgIpc) is 3.28. The van der Waals surface area contributed by atoms with Crippen LogP contribution in [0.25, 0.3) is 0 Å². The van der Waals surface area contributed by atoms with Crippen LogP contribution in [0.5, 0.6) is 0 Å². The smallest absolute Gasteiger partial charge is 0.320 e. The van der Waals surface area contributed by atoms with Crippen LogP contribution in [-0.4, -0.2) is 53.8 Å². The van der Waals surface area contributed by atoms with Gasteiger partial charge in [0.1, 0.15) is 12.3 Å². The van der Waals surface area contributed by atoms with Crippen molar-refractivity contribution in [3.8, 4) is 0 Å². The molecule has 1 aliphatic heterocycles. The summed E-state index contributed by atoms with van der Waals surface area (Å²) >= 11 is 0. The summed E-state index contributed by atoms with van der Waals surface area (Å²) in [6.07, 6.45) is 11.5. The molecular weight excluding hydrogens is 492 g/mol. The lowest BCUT2D eigenvalue weighted by molar-refractivity contribution is -0.152. The number of esters is 2. The van der Waals surface area contributed by atoms with Gasteiger partial charge in [-0.05, 0) is 62.9 Å². The molecule has 11 nitrogen and oxygen atoms in total. The molecule has 1 amide bonds. The summed E-state index contributed by atoms with van der Waals surface area (Å²) in [6, 6.07) is 6.61. The van der Waals surface area contributed by atoms with Crippen LogP contribution in [0.2, 0.25) is 0 Å². The number of hydrogen-bond donors (Lipinski definition) is 5. The normalized spacial score (nSPS) is 15.3. The quantitative estimate of drug-likeness (QED) is 0.135. The third kappa shape index (κ3) is 19.0. The zero-order valence-corrected chi connectivity index (χ0v) is 22.4. The maximum atomic E-state index is 11.2. The number of hydrogen-bond acceptors (Lipinski definition) is 9. The Kier molecular flexibility index (Phi) is 20.1. The number of aliphatic carboxylic acids is 1. The Bertz CT molecular complexity index is 826. The number of nitrogens with one attached hydrogen (secondary N) is 1. The van der Waals surface area contributed by atoms with Gasteiger partial charge in [-0.25, -0.2) is 0 Å². The van der Waals surface area contributed by atoms with Crippen LogP contribution in [0.4, 0.5) is 5.69 Å². The third-order valence-corrected chi connectivity index (χ3v) is 5.50. The molecule has 3 rings (SSSR count). The minimum absolute atomic E-state index is 0.00588. The van der Waals surface area contributed by atoms with E-state index >= 15 is 0 Å². The topological polar surface area (TPSA) is 205 Å². The summed E-state index contributed by atoms with van der Waals surface area (Å²) in [4.78, 5) is 51.7. The largest absolute Gasteiger partial charge is 0.480 e. The fraction of sp³-hybridized carbons (Fsp3) is 0.593. The van der Waals surface area contributed by atoms with Crippen molar-refractivity contribution >= 4 is 35.8 Å². The Morgan fingerprint density at radius 2 is 1.66 bits per heavy atom. The second kappa shape index (κ2) is 21.9. The first-order valence-corrected chi connectivity index (χ1v) is 13.2. The highest BCUT2D eigenvalue weighted by Crippen LogP contribution is 2.14. The lowest BCUT2D eigenvalue weighted by Crippen LogP contribution is -2.29. The number of aldehydes is 1. The number of carbonyl (C=O) groups excluding carboxylic acids is 4. The van der Waals surface area contributed by atoms with Crippen LogP contribution in [0.15, 0.2) is 24.3 Å². The summed E-state index contributed by atoms with van der Waals surface area (Å²) in [5.74, 6) is -1.72. The second-order valence-electron chi connectivity index (χ2n) is 9.01. The van der Waals surface area contributed by atoms with Gasteiger partial charge in [0.05, 0.1) is 12.8 Å². The predicted octanol–water partition coefficient (Wildman–Crippen LogP) is 2.89. The molecule has 0 unspecified atom stereocenters. The second-order valence-corrected chi connectivity index (χ2v) is 9.01. The van der Waals surface area contributed by atoms with Crippen molar-refractivity contribution in [2.75, 3.05) is 11.9 Å². The Morgan fingerprint density at radius 1 is 1.08 bits per heavy atom. The van der Waals surface area contributed by atoms with Crippen LogP contribution < -0.4 is 22.5 Å². The van der Waals surface area contributed by atoms with E-state index in [2.05, 4.69) is 10.1 Å². The van der Waals surface area contributed by atoms with Gasteiger partial charge in [0.15, 0.2) is 0 Å². The number of cyclic esters (lactones) is 2. The van der Waals surface area contributed by atoms with E-state index in [-0.39, 0.29) is 18.7 Å². The number of carboxylic acid groups (broad SMARTS) is 1. The molecule has 1 saturated heterocycles. The molecule has 38 heavy (non-hydrogen) atoms. The van der Waals surface area contributed by atoms with Crippen molar-refractivity contribution < 1.29 is 33.8 Å². The van der Waals surface area contributed by atoms with E-state index in [4.69, 9.17) is 22.3 Å². The van der Waals surface area contributed by atoms with Gasteiger partial charge in [-0.2, -0.15) is 0 Å². The number of carboxylic acids is 1. The summed E-state index contributed by atoms with van der Waals surface area (Å²) in [5, 5.41) is 11.1. The minimum atomic E-state index is -0.933. The maximum Gasteiger partial charge on any atom is 0.320 e. The molecule has 0 bridgehead atoms. The molecule has 2 aliphatic rings. The number of amides is 1. The Hall–Kier alpha value is -3.15. The van der Waals surface area contributed by atoms with Gasteiger partial charge in [0, 0.05) is 23.7 Å². The zero-order chi connectivity index (χ0) is 28.8. The summed E-state index contributed by atoms with van der Waals surface area (Å²) < 4.78 is 4.08. The number of rotatable bonds is 9. The van der Waals surface area contributed by atoms with E-state index in [9.17, 15) is 24.0 Å². The molecule has 1 aliphatic carbocycles. The molecule has 1 saturated carbocycles. The van der Waals surface area contributed by atoms with Gasteiger partial charge < -0.3 is 32.4 Å². The SMILES string of the molecule is CCCC(=O)Nc1ccc(C=O)cc1.NC1CCCCC1.NCCCC[C@H](N)C(=O)O.O=C1CCC(=O)O1. The van der Waals surface area contributed by atoms with Crippen molar-refractivity contribution in [1.29, 1.82) is 0 Å². The molecule has 214 valence electrons. The molecule has 1 atom stereocenters. The zero-order valence-electron chi connectivity index (χ0n) is 22.4. The molecular formula is C27H44N4O7. The lowest BCUT2D eigenvalue weighted by Gasteiger charge is -2.15. The van der Waals surface area contributed by atoms with Crippen molar-refractivity contribution in [3.63, 3.8) is 0 Å².